The summed E-state index contributed by atoms with van der Waals surface area (Å²) in [5.41, 5.74) is -1.23. The van der Waals surface area contributed by atoms with Gasteiger partial charge in [-0.2, -0.15) is 0 Å². The summed E-state index contributed by atoms with van der Waals surface area (Å²) in [6.45, 7) is 11.1. The quantitative estimate of drug-likeness (QED) is 0.414. The Morgan fingerprint density at radius 1 is 0.694 bits per heavy atom. The van der Waals surface area contributed by atoms with Gasteiger partial charge in [0.1, 0.15) is 23.3 Å². The molecule has 36 heavy (non-hydrogen) atoms. The van der Waals surface area contributed by atoms with Crippen LogP contribution in [0, 0.1) is 11.8 Å². The summed E-state index contributed by atoms with van der Waals surface area (Å²) in [6.07, 6.45) is -0.284. The van der Waals surface area contributed by atoms with Crippen molar-refractivity contribution in [3.8, 4) is 0 Å². The molecule has 12 nitrogen and oxygen atoms in total. The molecule has 0 spiro atoms. The SMILES string of the molecule is COC(=O)[C@@H]1C[C@H](CO)CN1C(=O)OC(C)(C)C.COC(=O)[C@H]1C[C@@H](CO)CN1C(=O)OC(C)(C)C. The van der Waals surface area contributed by atoms with Gasteiger partial charge in [0.25, 0.3) is 0 Å². The number of likely N-dealkylation sites (tertiary alicyclic amines) is 2. The van der Waals surface area contributed by atoms with E-state index >= 15 is 0 Å². The summed E-state index contributed by atoms with van der Waals surface area (Å²) >= 11 is 0. The summed E-state index contributed by atoms with van der Waals surface area (Å²) in [5.74, 6) is -1.17. The van der Waals surface area contributed by atoms with Crippen LogP contribution in [0.3, 0.4) is 0 Å². The Bertz CT molecular complexity index is 710. The maximum Gasteiger partial charge on any atom is 0.411 e. The smallest absolute Gasteiger partial charge is 0.411 e. The number of hydrogen-bond acceptors (Lipinski definition) is 10. The molecule has 2 saturated heterocycles. The van der Waals surface area contributed by atoms with Gasteiger partial charge in [0.2, 0.25) is 0 Å². The number of methoxy groups -OCH3 is 2. The fourth-order valence-corrected chi connectivity index (χ4v) is 3.87. The Balaban J connectivity index is 0.000000360. The molecule has 2 amide bonds. The van der Waals surface area contributed by atoms with Crippen molar-refractivity contribution < 1.29 is 48.3 Å². The third-order valence-corrected chi connectivity index (χ3v) is 5.49. The molecule has 2 fully saturated rings. The largest absolute Gasteiger partial charge is 0.467 e. The summed E-state index contributed by atoms with van der Waals surface area (Å²) in [6, 6.07) is -1.33. The minimum atomic E-state index is -0.665. The van der Waals surface area contributed by atoms with E-state index in [2.05, 4.69) is 9.47 Å². The zero-order chi connectivity index (χ0) is 27.8. The van der Waals surface area contributed by atoms with Gasteiger partial charge in [-0.15, -0.1) is 0 Å². The molecule has 4 atom stereocenters. The van der Waals surface area contributed by atoms with Crippen LogP contribution < -0.4 is 0 Å². The molecule has 2 aliphatic heterocycles. The lowest BCUT2D eigenvalue weighted by molar-refractivity contribution is -0.146. The first-order valence-electron chi connectivity index (χ1n) is 11.9. The molecule has 0 unspecified atom stereocenters. The molecule has 0 bridgehead atoms. The van der Waals surface area contributed by atoms with Gasteiger partial charge in [0.15, 0.2) is 0 Å². The van der Waals surface area contributed by atoms with E-state index in [9.17, 15) is 19.2 Å². The van der Waals surface area contributed by atoms with Gasteiger partial charge in [0, 0.05) is 38.1 Å². The maximum absolute atomic E-state index is 12.0. The van der Waals surface area contributed by atoms with Crippen molar-refractivity contribution in [2.75, 3.05) is 40.5 Å². The molecule has 2 aliphatic rings. The second-order valence-corrected chi connectivity index (χ2v) is 10.9. The topological polar surface area (TPSA) is 152 Å². The van der Waals surface area contributed by atoms with E-state index < -0.39 is 47.4 Å². The van der Waals surface area contributed by atoms with Crippen molar-refractivity contribution in [3.63, 3.8) is 0 Å². The lowest BCUT2D eigenvalue weighted by Gasteiger charge is -2.27. The number of hydrogen-bond donors (Lipinski definition) is 2. The second-order valence-electron chi connectivity index (χ2n) is 10.9. The first kappa shape index (κ1) is 31.4. The highest BCUT2D eigenvalue weighted by atomic mass is 16.6. The molecule has 2 rings (SSSR count). The third-order valence-electron chi connectivity index (χ3n) is 5.49. The zero-order valence-electron chi connectivity index (χ0n) is 22.6. The van der Waals surface area contributed by atoms with Gasteiger partial charge < -0.3 is 29.2 Å². The monoisotopic (exact) mass is 518 g/mol. The Morgan fingerprint density at radius 3 is 1.22 bits per heavy atom. The molecule has 0 aromatic rings. The molecule has 0 saturated carbocycles. The summed E-state index contributed by atoms with van der Waals surface area (Å²) in [7, 11) is 2.56. The third kappa shape index (κ3) is 9.45. The predicted molar refractivity (Wildman–Crippen MR) is 128 cm³/mol. The molecule has 0 aliphatic carbocycles. The average Bonchev–Trinajstić information content (AvgIpc) is 3.41. The van der Waals surface area contributed by atoms with Crippen LogP contribution in [0.5, 0.6) is 0 Å². The Morgan fingerprint density at radius 2 is 1.00 bits per heavy atom. The molecule has 0 aromatic carbocycles. The lowest BCUT2D eigenvalue weighted by atomic mass is 10.1. The van der Waals surface area contributed by atoms with Crippen LogP contribution in [0.1, 0.15) is 54.4 Å². The maximum atomic E-state index is 12.0. The highest BCUT2D eigenvalue weighted by Crippen LogP contribution is 2.27. The number of carbonyl (C=O) groups excluding carboxylic acids is 4. The van der Waals surface area contributed by atoms with Gasteiger partial charge in [-0.1, -0.05) is 0 Å². The fraction of sp³-hybridized carbons (Fsp3) is 0.833. The average molecular weight is 519 g/mol. The normalized spacial score (nSPS) is 23.9. The van der Waals surface area contributed by atoms with Crippen molar-refractivity contribution >= 4 is 24.1 Å². The number of ether oxygens (including phenoxy) is 4. The van der Waals surface area contributed by atoms with E-state index in [1.807, 2.05) is 0 Å². The van der Waals surface area contributed by atoms with Crippen LogP contribution in [0.15, 0.2) is 0 Å². The number of esters is 2. The van der Waals surface area contributed by atoms with Crippen molar-refractivity contribution in [2.45, 2.75) is 77.7 Å². The van der Waals surface area contributed by atoms with Gasteiger partial charge in [-0.25, -0.2) is 19.2 Å². The van der Waals surface area contributed by atoms with E-state index in [-0.39, 0.29) is 25.0 Å². The van der Waals surface area contributed by atoms with Crippen molar-refractivity contribution in [1.29, 1.82) is 0 Å². The van der Waals surface area contributed by atoms with E-state index in [4.69, 9.17) is 19.7 Å². The number of carbonyl (C=O) groups is 4. The molecule has 2 heterocycles. The summed E-state index contributed by atoms with van der Waals surface area (Å²) < 4.78 is 19.8. The Kier molecular flexibility index (Phi) is 11.4. The summed E-state index contributed by atoms with van der Waals surface area (Å²) in [4.78, 5) is 49.8. The van der Waals surface area contributed by atoms with Crippen LogP contribution in [0.2, 0.25) is 0 Å². The second kappa shape index (κ2) is 13.1. The minimum Gasteiger partial charge on any atom is -0.467 e. The fourth-order valence-electron chi connectivity index (χ4n) is 3.87. The number of rotatable bonds is 4. The molecule has 0 radical (unpaired) electrons. The van der Waals surface area contributed by atoms with Crippen LogP contribution in [0.25, 0.3) is 0 Å². The van der Waals surface area contributed by atoms with Crippen molar-refractivity contribution in [2.24, 2.45) is 11.8 Å². The van der Waals surface area contributed by atoms with Gasteiger partial charge in [0.05, 0.1) is 14.2 Å². The van der Waals surface area contributed by atoms with Crippen LogP contribution in [-0.4, -0.2) is 108 Å². The lowest BCUT2D eigenvalue weighted by Crippen LogP contribution is -2.43. The summed E-state index contributed by atoms with van der Waals surface area (Å²) in [5, 5.41) is 18.3. The van der Waals surface area contributed by atoms with E-state index in [0.29, 0.717) is 25.9 Å². The molecule has 2 N–H and O–H groups in total. The first-order valence-corrected chi connectivity index (χ1v) is 11.9. The molecular weight excluding hydrogens is 476 g/mol. The Hall–Kier alpha value is -2.60. The standard InChI is InChI=1S/2C12H21NO5/c2*1-12(2,3)18-11(16)13-6-8(7-14)5-9(13)10(15)17-4/h2*8-9,14H,5-7H2,1-4H3/t2*8-,9-/m10/s1. The molecule has 208 valence electrons. The first-order chi connectivity index (χ1) is 16.6. The van der Waals surface area contributed by atoms with Crippen LogP contribution in [0.4, 0.5) is 9.59 Å². The molecule has 0 aromatic heterocycles. The van der Waals surface area contributed by atoms with Gasteiger partial charge in [-0.3, -0.25) is 9.80 Å². The number of nitrogens with zero attached hydrogens (tertiary/aromatic N) is 2. The molecule has 12 heteroatoms. The van der Waals surface area contributed by atoms with E-state index in [0.717, 1.165) is 0 Å². The number of amides is 2. The number of aliphatic hydroxyl groups is 2. The van der Waals surface area contributed by atoms with E-state index in [1.54, 1.807) is 41.5 Å². The van der Waals surface area contributed by atoms with Crippen molar-refractivity contribution in [3.05, 3.63) is 0 Å². The van der Waals surface area contributed by atoms with E-state index in [1.165, 1.54) is 24.0 Å². The molecular formula is C24H42N2O10. The highest BCUT2D eigenvalue weighted by molar-refractivity contribution is 5.83. The number of aliphatic hydroxyl groups excluding tert-OH is 2. The van der Waals surface area contributed by atoms with Crippen LogP contribution >= 0.6 is 0 Å². The minimum absolute atomic E-state index is 0.0627. The predicted octanol–water partition coefficient (Wildman–Crippen LogP) is 1.55. The Labute approximate surface area is 212 Å². The highest BCUT2D eigenvalue weighted by Gasteiger charge is 2.43. The van der Waals surface area contributed by atoms with Gasteiger partial charge in [-0.05, 0) is 54.4 Å². The zero-order valence-corrected chi connectivity index (χ0v) is 22.6. The van der Waals surface area contributed by atoms with Crippen molar-refractivity contribution in [1.82, 2.24) is 9.80 Å². The van der Waals surface area contributed by atoms with Gasteiger partial charge >= 0.3 is 24.1 Å². The van der Waals surface area contributed by atoms with Crippen LogP contribution in [-0.2, 0) is 28.5 Å².